The summed E-state index contributed by atoms with van der Waals surface area (Å²) in [5.74, 6) is -1.30. The fourth-order valence-corrected chi connectivity index (χ4v) is 3.36. The van der Waals surface area contributed by atoms with Gasteiger partial charge in [0, 0.05) is 0 Å². The second-order valence-corrected chi connectivity index (χ2v) is 6.41. The quantitative estimate of drug-likeness (QED) is 0.860. The lowest BCUT2D eigenvalue weighted by Gasteiger charge is -2.24. The number of hydrogen-bond donors (Lipinski definition) is 2. The molecule has 0 heterocycles. The van der Waals surface area contributed by atoms with Gasteiger partial charge in [-0.1, -0.05) is 18.5 Å². The topological polar surface area (TPSA) is 107 Å². The zero-order valence-electron chi connectivity index (χ0n) is 10.8. The van der Waals surface area contributed by atoms with Crippen molar-refractivity contribution in [1.82, 2.24) is 4.72 Å². The van der Waals surface area contributed by atoms with E-state index in [1.165, 1.54) is 19.1 Å². The number of nitrogens with one attached hydrogen (secondary N) is 1. The lowest BCUT2D eigenvalue weighted by atomic mass is 10.0. The molecule has 20 heavy (non-hydrogen) atoms. The molecule has 0 saturated carbocycles. The highest BCUT2D eigenvalue weighted by Gasteiger charge is 2.36. The van der Waals surface area contributed by atoms with Crippen LogP contribution in [-0.4, -0.2) is 25.0 Å². The largest absolute Gasteiger partial charge is 0.480 e. The van der Waals surface area contributed by atoms with Crippen molar-refractivity contribution < 1.29 is 18.3 Å². The average molecular weight is 317 g/mol. The Bertz CT molecular complexity index is 681. The fourth-order valence-electron chi connectivity index (χ4n) is 1.40. The Hall–Kier alpha value is -1.62. The van der Waals surface area contributed by atoms with E-state index in [1.54, 1.807) is 13.0 Å². The van der Waals surface area contributed by atoms with Crippen LogP contribution in [0.1, 0.15) is 25.8 Å². The van der Waals surface area contributed by atoms with Gasteiger partial charge >= 0.3 is 5.97 Å². The Morgan fingerprint density at radius 3 is 2.60 bits per heavy atom. The smallest absolute Gasteiger partial charge is 0.324 e. The van der Waals surface area contributed by atoms with Crippen LogP contribution in [0.2, 0.25) is 5.02 Å². The van der Waals surface area contributed by atoms with Gasteiger partial charge in [-0.25, -0.2) is 8.42 Å². The molecule has 0 bridgehead atoms. The molecule has 1 aromatic rings. The number of rotatable bonds is 5. The van der Waals surface area contributed by atoms with Crippen LogP contribution in [0.25, 0.3) is 0 Å². The van der Waals surface area contributed by atoms with Gasteiger partial charge in [-0.15, -0.1) is 0 Å². The van der Waals surface area contributed by atoms with E-state index in [0.29, 0.717) is 0 Å². The molecule has 0 spiro atoms. The van der Waals surface area contributed by atoms with Crippen LogP contribution < -0.4 is 4.72 Å². The van der Waals surface area contributed by atoms with E-state index < -0.39 is 21.5 Å². The molecule has 0 aliphatic heterocycles. The molecular weight excluding hydrogens is 304 g/mol. The number of sulfonamides is 1. The first-order chi connectivity index (χ1) is 9.16. The van der Waals surface area contributed by atoms with E-state index in [1.807, 2.05) is 0 Å². The molecule has 1 unspecified atom stereocenters. The molecule has 0 aliphatic rings. The third kappa shape index (κ3) is 3.28. The van der Waals surface area contributed by atoms with Crippen LogP contribution >= 0.6 is 11.6 Å². The molecule has 8 heteroatoms. The second-order valence-electron chi connectivity index (χ2n) is 4.35. The summed E-state index contributed by atoms with van der Waals surface area (Å²) in [5.41, 5.74) is -1.53. The number of carboxylic acids is 1. The first kappa shape index (κ1) is 16.4. The standard InChI is InChI=1S/C12H13ClN2O4S/c1-3-12(2,11(16)17)15-20(18,19)10-6-8(7-14)4-5-9(10)13/h4-6,15H,3H2,1-2H3,(H,16,17). The van der Waals surface area contributed by atoms with Crippen molar-refractivity contribution in [2.24, 2.45) is 0 Å². The first-order valence-electron chi connectivity index (χ1n) is 5.63. The van der Waals surface area contributed by atoms with Gasteiger partial charge in [0.25, 0.3) is 0 Å². The minimum atomic E-state index is -4.15. The molecule has 0 saturated heterocycles. The molecule has 1 aromatic carbocycles. The molecule has 0 fully saturated rings. The number of nitrogens with zero attached hydrogens (tertiary/aromatic N) is 1. The first-order valence-corrected chi connectivity index (χ1v) is 7.49. The summed E-state index contributed by atoms with van der Waals surface area (Å²) in [6.07, 6.45) is 0.0527. The molecule has 0 aromatic heterocycles. The molecular formula is C12H13ClN2O4S. The second kappa shape index (κ2) is 5.79. The van der Waals surface area contributed by atoms with Gasteiger partial charge in [-0.05, 0) is 31.5 Å². The van der Waals surface area contributed by atoms with Crippen LogP contribution in [0.3, 0.4) is 0 Å². The maximum Gasteiger partial charge on any atom is 0.324 e. The molecule has 6 nitrogen and oxygen atoms in total. The lowest BCUT2D eigenvalue weighted by Crippen LogP contribution is -2.51. The van der Waals surface area contributed by atoms with Gasteiger partial charge in [-0.2, -0.15) is 9.98 Å². The lowest BCUT2D eigenvalue weighted by molar-refractivity contribution is -0.143. The zero-order chi connectivity index (χ0) is 15.6. The van der Waals surface area contributed by atoms with Crippen LogP contribution in [0, 0.1) is 11.3 Å². The minimum Gasteiger partial charge on any atom is -0.480 e. The van der Waals surface area contributed by atoms with Crippen LogP contribution in [-0.2, 0) is 14.8 Å². The summed E-state index contributed by atoms with van der Waals surface area (Å²) in [7, 11) is -4.15. The van der Waals surface area contributed by atoms with E-state index in [-0.39, 0.29) is 21.9 Å². The molecule has 2 N–H and O–H groups in total. The minimum absolute atomic E-state index is 0.0527. The van der Waals surface area contributed by atoms with Gasteiger partial charge in [0.2, 0.25) is 10.0 Å². The third-order valence-corrected chi connectivity index (χ3v) is 4.97. The molecule has 108 valence electrons. The summed E-state index contributed by atoms with van der Waals surface area (Å²) in [6, 6.07) is 5.55. The predicted molar refractivity (Wildman–Crippen MR) is 72.8 cm³/mol. The number of halogens is 1. The highest BCUT2D eigenvalue weighted by molar-refractivity contribution is 7.89. The van der Waals surface area contributed by atoms with E-state index in [9.17, 15) is 13.2 Å². The van der Waals surface area contributed by atoms with E-state index in [2.05, 4.69) is 4.72 Å². The summed E-state index contributed by atoms with van der Waals surface area (Å²) >= 11 is 5.81. The summed E-state index contributed by atoms with van der Waals surface area (Å²) in [6.45, 7) is 2.80. The Balaban J connectivity index is 3.32. The van der Waals surface area contributed by atoms with Crippen molar-refractivity contribution >= 4 is 27.6 Å². The van der Waals surface area contributed by atoms with Crippen molar-refractivity contribution in [3.63, 3.8) is 0 Å². The van der Waals surface area contributed by atoms with Gasteiger partial charge < -0.3 is 5.11 Å². The van der Waals surface area contributed by atoms with Crippen molar-refractivity contribution in [1.29, 1.82) is 5.26 Å². The third-order valence-electron chi connectivity index (χ3n) is 2.89. The van der Waals surface area contributed by atoms with Gasteiger partial charge in [-0.3, -0.25) is 4.79 Å². The van der Waals surface area contributed by atoms with E-state index in [0.717, 1.165) is 6.07 Å². The number of aliphatic carboxylic acids is 1. The normalized spacial score (nSPS) is 14.3. The van der Waals surface area contributed by atoms with Crippen molar-refractivity contribution in [2.75, 3.05) is 0 Å². The SMILES string of the molecule is CCC(C)(NS(=O)(=O)c1cc(C#N)ccc1Cl)C(=O)O. The van der Waals surface area contributed by atoms with Gasteiger partial charge in [0.1, 0.15) is 10.4 Å². The zero-order valence-corrected chi connectivity index (χ0v) is 12.4. The summed E-state index contributed by atoms with van der Waals surface area (Å²) < 4.78 is 26.6. The molecule has 1 rings (SSSR count). The fraction of sp³-hybridized carbons (Fsp3) is 0.333. The Labute approximate surface area is 122 Å². The monoisotopic (exact) mass is 316 g/mol. The number of carboxylic acid groups (broad SMARTS) is 1. The maximum absolute atomic E-state index is 12.2. The van der Waals surface area contributed by atoms with Crippen LogP contribution in [0.15, 0.2) is 23.1 Å². The van der Waals surface area contributed by atoms with Gasteiger partial charge in [0.15, 0.2) is 0 Å². The van der Waals surface area contributed by atoms with Crippen LogP contribution in [0.5, 0.6) is 0 Å². The number of hydrogen-bond acceptors (Lipinski definition) is 4. The Morgan fingerprint density at radius 2 is 2.15 bits per heavy atom. The van der Waals surface area contributed by atoms with Gasteiger partial charge in [0.05, 0.1) is 16.7 Å². The van der Waals surface area contributed by atoms with E-state index in [4.69, 9.17) is 22.0 Å². The molecule has 1 atom stereocenters. The number of nitriles is 1. The van der Waals surface area contributed by atoms with Crippen molar-refractivity contribution in [3.8, 4) is 6.07 Å². The molecule has 0 amide bonds. The molecule has 0 aliphatic carbocycles. The predicted octanol–water partition coefficient (Wildman–Crippen LogP) is 1.74. The number of benzene rings is 1. The van der Waals surface area contributed by atoms with Crippen LogP contribution in [0.4, 0.5) is 0 Å². The molecule has 0 radical (unpaired) electrons. The van der Waals surface area contributed by atoms with E-state index >= 15 is 0 Å². The summed E-state index contributed by atoms with van der Waals surface area (Å²) in [4.78, 5) is 10.8. The number of carbonyl (C=O) groups is 1. The van der Waals surface area contributed by atoms with Crippen molar-refractivity contribution in [3.05, 3.63) is 28.8 Å². The maximum atomic E-state index is 12.2. The average Bonchev–Trinajstić information content (AvgIpc) is 2.38. The summed E-state index contributed by atoms with van der Waals surface area (Å²) in [5, 5.41) is 17.8. The Kier molecular flexibility index (Phi) is 4.76. The Morgan fingerprint density at radius 1 is 1.55 bits per heavy atom. The van der Waals surface area contributed by atoms with Crippen molar-refractivity contribution in [2.45, 2.75) is 30.7 Å². The highest BCUT2D eigenvalue weighted by atomic mass is 35.5. The highest BCUT2D eigenvalue weighted by Crippen LogP contribution is 2.24.